The summed E-state index contributed by atoms with van der Waals surface area (Å²) in [6.07, 6.45) is 0.664. The molecule has 1 atom stereocenters. The molecule has 1 aliphatic heterocycles. The van der Waals surface area contributed by atoms with Crippen molar-refractivity contribution < 1.29 is 18.7 Å². The van der Waals surface area contributed by atoms with Crippen molar-refractivity contribution in [3.05, 3.63) is 59.4 Å². The number of carbonyl (C=O) groups is 1. The zero-order valence-electron chi connectivity index (χ0n) is 15.8. The number of ether oxygens (including phenoxy) is 2. The smallest absolute Gasteiger partial charge is 0.230 e. The molecule has 27 heavy (non-hydrogen) atoms. The van der Waals surface area contributed by atoms with Crippen LogP contribution in [0.15, 0.2) is 42.5 Å². The van der Waals surface area contributed by atoms with Gasteiger partial charge in [-0.2, -0.15) is 0 Å². The first-order chi connectivity index (χ1) is 12.9. The highest BCUT2D eigenvalue weighted by Gasteiger charge is 2.34. The van der Waals surface area contributed by atoms with Crippen LogP contribution >= 0.6 is 11.8 Å². The largest absolute Gasteiger partial charge is 0.497 e. The Bertz CT molecular complexity index is 825. The fourth-order valence-corrected chi connectivity index (χ4v) is 4.02. The summed E-state index contributed by atoms with van der Waals surface area (Å²) >= 11 is 1.40. The summed E-state index contributed by atoms with van der Waals surface area (Å²) in [5.74, 6) is 1.90. The average Bonchev–Trinajstić information content (AvgIpc) is 2.62. The first kappa shape index (κ1) is 19.5. The third-order valence-corrected chi connectivity index (χ3v) is 5.44. The lowest BCUT2D eigenvalue weighted by atomic mass is 9.89. The summed E-state index contributed by atoms with van der Waals surface area (Å²) in [7, 11) is 1.61. The van der Waals surface area contributed by atoms with Crippen LogP contribution in [0.4, 0.5) is 4.39 Å². The standard InChI is InChI=1S/C21H24FNO3S/c1-21(2)11-18(16-10-15(25-3)8-9-19(16)26-21)23-20(24)13-27-12-14-6-4-5-7-17(14)22/h4-10,18H,11-13H2,1-3H3,(H,23,24)/t18-/m1/s1. The van der Waals surface area contributed by atoms with Crippen LogP contribution in [0.1, 0.15) is 37.4 Å². The third-order valence-electron chi connectivity index (χ3n) is 4.46. The molecule has 1 heterocycles. The van der Waals surface area contributed by atoms with Gasteiger partial charge in [0.25, 0.3) is 0 Å². The Balaban J connectivity index is 1.64. The lowest BCUT2D eigenvalue weighted by Crippen LogP contribution is -2.41. The summed E-state index contributed by atoms with van der Waals surface area (Å²) in [4.78, 5) is 12.5. The number of amides is 1. The van der Waals surface area contributed by atoms with E-state index >= 15 is 0 Å². The van der Waals surface area contributed by atoms with Gasteiger partial charge in [-0.1, -0.05) is 18.2 Å². The molecule has 0 bridgehead atoms. The van der Waals surface area contributed by atoms with E-state index in [0.717, 1.165) is 17.1 Å². The first-order valence-corrected chi connectivity index (χ1v) is 10.0. The fourth-order valence-electron chi connectivity index (χ4n) is 3.19. The van der Waals surface area contributed by atoms with Gasteiger partial charge in [0.2, 0.25) is 5.91 Å². The molecule has 0 aromatic heterocycles. The van der Waals surface area contributed by atoms with E-state index in [9.17, 15) is 9.18 Å². The first-order valence-electron chi connectivity index (χ1n) is 8.85. The van der Waals surface area contributed by atoms with Crippen LogP contribution in [0.5, 0.6) is 11.5 Å². The van der Waals surface area contributed by atoms with Crippen LogP contribution in [-0.2, 0) is 10.5 Å². The van der Waals surface area contributed by atoms with E-state index in [1.807, 2.05) is 32.0 Å². The summed E-state index contributed by atoms with van der Waals surface area (Å²) < 4.78 is 25.0. The van der Waals surface area contributed by atoms with Crippen molar-refractivity contribution in [1.29, 1.82) is 0 Å². The minimum atomic E-state index is -0.375. The van der Waals surface area contributed by atoms with Gasteiger partial charge < -0.3 is 14.8 Å². The number of nitrogens with one attached hydrogen (secondary N) is 1. The number of benzene rings is 2. The van der Waals surface area contributed by atoms with E-state index in [1.54, 1.807) is 25.3 Å². The van der Waals surface area contributed by atoms with Gasteiger partial charge in [0, 0.05) is 17.7 Å². The molecule has 0 unspecified atom stereocenters. The van der Waals surface area contributed by atoms with Gasteiger partial charge in [-0.25, -0.2) is 4.39 Å². The highest BCUT2D eigenvalue weighted by Crippen LogP contribution is 2.41. The molecule has 2 aromatic rings. The van der Waals surface area contributed by atoms with Crippen molar-refractivity contribution in [3.8, 4) is 11.5 Å². The molecule has 0 radical (unpaired) electrons. The Kier molecular flexibility index (Phi) is 5.95. The molecule has 0 fully saturated rings. The number of hydrogen-bond acceptors (Lipinski definition) is 4. The normalized spacial score (nSPS) is 17.6. The molecular weight excluding hydrogens is 365 g/mol. The topological polar surface area (TPSA) is 47.6 Å². The van der Waals surface area contributed by atoms with Gasteiger partial charge in [0.05, 0.1) is 18.9 Å². The molecule has 0 saturated carbocycles. The summed E-state index contributed by atoms with van der Waals surface area (Å²) in [5.41, 5.74) is 1.15. The summed E-state index contributed by atoms with van der Waals surface area (Å²) in [6.45, 7) is 4.01. The van der Waals surface area contributed by atoms with Gasteiger partial charge in [0.1, 0.15) is 22.9 Å². The van der Waals surface area contributed by atoms with E-state index in [2.05, 4.69) is 5.32 Å². The predicted octanol–water partition coefficient (Wildman–Crippen LogP) is 4.49. The van der Waals surface area contributed by atoms with Gasteiger partial charge in [-0.05, 0) is 43.7 Å². The molecule has 3 rings (SSSR count). The van der Waals surface area contributed by atoms with Crippen molar-refractivity contribution in [1.82, 2.24) is 5.32 Å². The summed E-state index contributed by atoms with van der Waals surface area (Å²) in [6, 6.07) is 12.1. The van der Waals surface area contributed by atoms with Crippen molar-refractivity contribution >= 4 is 17.7 Å². The fraction of sp³-hybridized carbons (Fsp3) is 0.381. The molecule has 144 valence electrons. The second kappa shape index (κ2) is 8.21. The minimum Gasteiger partial charge on any atom is -0.497 e. The maximum Gasteiger partial charge on any atom is 0.230 e. The molecular formula is C21H24FNO3S. The van der Waals surface area contributed by atoms with Crippen molar-refractivity contribution in [2.75, 3.05) is 12.9 Å². The maximum atomic E-state index is 13.7. The van der Waals surface area contributed by atoms with Crippen LogP contribution in [0.25, 0.3) is 0 Å². The number of fused-ring (bicyclic) bond motifs is 1. The Morgan fingerprint density at radius 2 is 2.11 bits per heavy atom. The highest BCUT2D eigenvalue weighted by molar-refractivity contribution is 7.99. The SMILES string of the molecule is COc1ccc2c(c1)[C@H](NC(=O)CSCc1ccccc1F)CC(C)(C)O2. The van der Waals surface area contributed by atoms with E-state index in [1.165, 1.54) is 17.8 Å². The van der Waals surface area contributed by atoms with Crippen LogP contribution < -0.4 is 14.8 Å². The highest BCUT2D eigenvalue weighted by atomic mass is 32.2. The summed E-state index contributed by atoms with van der Waals surface area (Å²) in [5, 5.41) is 3.09. The number of carbonyl (C=O) groups excluding carboxylic acids is 1. The quantitative estimate of drug-likeness (QED) is 0.791. The van der Waals surface area contributed by atoms with Gasteiger partial charge >= 0.3 is 0 Å². The van der Waals surface area contributed by atoms with Crippen molar-refractivity contribution in [2.24, 2.45) is 0 Å². The van der Waals surface area contributed by atoms with E-state index in [0.29, 0.717) is 17.7 Å². The van der Waals surface area contributed by atoms with Crippen molar-refractivity contribution in [3.63, 3.8) is 0 Å². The van der Waals surface area contributed by atoms with Crippen molar-refractivity contribution in [2.45, 2.75) is 37.7 Å². The van der Waals surface area contributed by atoms with E-state index < -0.39 is 0 Å². The molecule has 0 spiro atoms. The number of halogens is 1. The molecule has 0 aliphatic carbocycles. The zero-order valence-corrected chi connectivity index (χ0v) is 16.6. The van der Waals surface area contributed by atoms with Crippen LogP contribution in [0, 0.1) is 5.82 Å². The number of thioether (sulfide) groups is 1. The predicted molar refractivity (Wildman–Crippen MR) is 106 cm³/mol. The van der Waals surface area contributed by atoms with Gasteiger partial charge in [-0.3, -0.25) is 4.79 Å². The molecule has 1 N–H and O–H groups in total. The second-order valence-electron chi connectivity index (χ2n) is 7.17. The van der Waals surface area contributed by atoms with E-state index in [4.69, 9.17) is 9.47 Å². The molecule has 1 amide bonds. The average molecular weight is 389 g/mol. The molecule has 0 saturated heterocycles. The Labute approximate surface area is 163 Å². The molecule has 2 aromatic carbocycles. The number of methoxy groups -OCH3 is 1. The lowest BCUT2D eigenvalue weighted by Gasteiger charge is -2.38. The van der Waals surface area contributed by atoms with Crippen LogP contribution in [-0.4, -0.2) is 24.4 Å². The lowest BCUT2D eigenvalue weighted by molar-refractivity contribution is -0.119. The minimum absolute atomic E-state index is 0.0761. The second-order valence-corrected chi connectivity index (χ2v) is 8.16. The maximum absolute atomic E-state index is 13.7. The Hall–Kier alpha value is -2.21. The third kappa shape index (κ3) is 4.95. The van der Waals surface area contributed by atoms with Gasteiger partial charge in [-0.15, -0.1) is 11.8 Å². The Morgan fingerprint density at radius 1 is 1.33 bits per heavy atom. The zero-order chi connectivity index (χ0) is 19.4. The molecule has 1 aliphatic rings. The van der Waals surface area contributed by atoms with E-state index in [-0.39, 0.29) is 29.1 Å². The molecule has 6 heteroatoms. The number of rotatable bonds is 6. The van der Waals surface area contributed by atoms with Crippen LogP contribution in [0.3, 0.4) is 0 Å². The monoisotopic (exact) mass is 389 g/mol. The number of hydrogen-bond donors (Lipinski definition) is 1. The molecule has 4 nitrogen and oxygen atoms in total. The van der Waals surface area contributed by atoms with Crippen LogP contribution in [0.2, 0.25) is 0 Å². The Morgan fingerprint density at radius 3 is 2.85 bits per heavy atom. The van der Waals surface area contributed by atoms with Gasteiger partial charge in [0.15, 0.2) is 0 Å².